The molecule has 1 aliphatic heterocycles. The van der Waals surface area contributed by atoms with Crippen LogP contribution in [0.25, 0.3) is 0 Å². The molecule has 1 fully saturated rings. The third-order valence-electron chi connectivity index (χ3n) is 5.86. The first kappa shape index (κ1) is 28.5. The number of hydrogen-bond donors (Lipinski definition) is 0. The molecule has 0 radical (unpaired) electrons. The van der Waals surface area contributed by atoms with Gasteiger partial charge in [-0.3, -0.25) is 4.57 Å². The van der Waals surface area contributed by atoms with Gasteiger partial charge in [0.15, 0.2) is 26.8 Å². The van der Waals surface area contributed by atoms with E-state index >= 15 is 0 Å². The van der Waals surface area contributed by atoms with Gasteiger partial charge in [-0.05, 0) is 55.1 Å². The molecule has 1 aromatic rings. The van der Waals surface area contributed by atoms with Crippen molar-refractivity contribution in [2.75, 3.05) is 19.1 Å². The van der Waals surface area contributed by atoms with Gasteiger partial charge in [0.05, 0.1) is 6.61 Å². The standard InChI is InChI=1S/C19H31N3O6S4Si/c1-19(2,3)33(7,8)25-9-11-12(27-17(29)31-5)13(28-18(30)32-6)14(26-11)22-10-20-15(23)21(4)16(22)24/h10-14H,9H2,1-8H3/t11-,12-,13-,14-/m1/s1. The van der Waals surface area contributed by atoms with Gasteiger partial charge in [-0.25, -0.2) is 14.2 Å². The zero-order chi connectivity index (χ0) is 25.1. The molecule has 0 saturated carbocycles. The molecule has 14 heteroatoms. The summed E-state index contributed by atoms with van der Waals surface area (Å²) in [7, 11) is -0.763. The molecule has 0 bridgehead atoms. The Balaban J connectivity index is 2.49. The van der Waals surface area contributed by atoms with Gasteiger partial charge in [0.2, 0.25) is 8.77 Å². The van der Waals surface area contributed by atoms with Crippen molar-refractivity contribution in [1.82, 2.24) is 14.1 Å². The highest BCUT2D eigenvalue weighted by Gasteiger charge is 2.51. The number of aromatic nitrogens is 3. The molecule has 0 aromatic carbocycles. The summed E-state index contributed by atoms with van der Waals surface area (Å²) in [6.45, 7) is 10.9. The summed E-state index contributed by atoms with van der Waals surface area (Å²) in [5.74, 6) is 0. The summed E-state index contributed by atoms with van der Waals surface area (Å²) in [5, 5.41) is -0.00911. The number of rotatable bonds is 6. The predicted octanol–water partition coefficient (Wildman–Crippen LogP) is 2.93. The predicted molar refractivity (Wildman–Crippen MR) is 143 cm³/mol. The quantitative estimate of drug-likeness (QED) is 0.384. The lowest BCUT2D eigenvalue weighted by Gasteiger charge is -2.37. The Bertz CT molecular complexity index is 993. The van der Waals surface area contributed by atoms with Crippen molar-refractivity contribution in [3.63, 3.8) is 0 Å². The zero-order valence-corrected chi connectivity index (χ0v) is 24.3. The van der Waals surface area contributed by atoms with Crippen LogP contribution in [0.4, 0.5) is 0 Å². The minimum Gasteiger partial charge on any atom is -0.468 e. The largest absolute Gasteiger partial charge is 0.468 e. The molecule has 4 atom stereocenters. The molecule has 1 saturated heterocycles. The van der Waals surface area contributed by atoms with E-state index < -0.39 is 44.2 Å². The van der Waals surface area contributed by atoms with Gasteiger partial charge in [-0.2, -0.15) is 4.98 Å². The highest BCUT2D eigenvalue weighted by Crippen LogP contribution is 2.39. The van der Waals surface area contributed by atoms with E-state index in [-0.39, 0.29) is 16.0 Å². The Morgan fingerprint density at radius 3 is 2.21 bits per heavy atom. The van der Waals surface area contributed by atoms with Crippen LogP contribution in [0, 0.1) is 0 Å². The zero-order valence-electron chi connectivity index (χ0n) is 20.0. The van der Waals surface area contributed by atoms with Gasteiger partial charge in [0.1, 0.15) is 12.4 Å². The average molecular weight is 554 g/mol. The van der Waals surface area contributed by atoms with Crippen molar-refractivity contribution < 1.29 is 18.6 Å². The molecule has 9 nitrogen and oxygen atoms in total. The number of ether oxygens (including phenoxy) is 3. The monoisotopic (exact) mass is 553 g/mol. The molecular weight excluding hydrogens is 523 g/mol. The number of nitrogens with zero attached hydrogens (tertiary/aromatic N) is 3. The van der Waals surface area contributed by atoms with E-state index in [4.69, 9.17) is 43.1 Å². The van der Waals surface area contributed by atoms with Crippen LogP contribution < -0.4 is 11.4 Å². The lowest BCUT2D eigenvalue weighted by atomic mass is 10.1. The molecule has 0 spiro atoms. The molecule has 0 unspecified atom stereocenters. The Morgan fingerprint density at radius 1 is 1.15 bits per heavy atom. The van der Waals surface area contributed by atoms with E-state index in [0.717, 1.165) is 10.9 Å². The van der Waals surface area contributed by atoms with Gasteiger partial charge in [-0.15, -0.1) is 0 Å². The van der Waals surface area contributed by atoms with Gasteiger partial charge in [0, 0.05) is 7.05 Å². The smallest absolute Gasteiger partial charge is 0.352 e. The van der Waals surface area contributed by atoms with E-state index in [1.54, 1.807) is 12.5 Å². The maximum atomic E-state index is 12.8. The Kier molecular flexibility index (Phi) is 9.75. The minimum atomic E-state index is -2.11. The minimum absolute atomic E-state index is 0.00911. The molecular formula is C19H31N3O6S4Si. The summed E-state index contributed by atoms with van der Waals surface area (Å²) in [6, 6.07) is 0. The third kappa shape index (κ3) is 6.67. The fraction of sp³-hybridized carbons (Fsp3) is 0.737. The first-order chi connectivity index (χ1) is 15.2. The van der Waals surface area contributed by atoms with E-state index in [0.29, 0.717) is 4.38 Å². The summed E-state index contributed by atoms with van der Waals surface area (Å²) in [5.41, 5.74) is -1.26. The van der Waals surface area contributed by atoms with Crippen molar-refractivity contribution in [2.24, 2.45) is 7.05 Å². The van der Waals surface area contributed by atoms with Crippen LogP contribution in [0.1, 0.15) is 27.0 Å². The Hall–Kier alpha value is -0.773. The first-order valence-corrected chi connectivity index (χ1v) is 16.3. The molecule has 1 aliphatic rings. The van der Waals surface area contributed by atoms with E-state index in [1.807, 2.05) is 0 Å². The molecule has 0 aliphatic carbocycles. The van der Waals surface area contributed by atoms with Crippen LogP contribution in [-0.2, 0) is 25.7 Å². The molecule has 33 heavy (non-hydrogen) atoms. The second-order valence-corrected chi connectivity index (χ2v) is 16.6. The van der Waals surface area contributed by atoms with Crippen molar-refractivity contribution >= 4 is 65.0 Å². The molecule has 0 amide bonds. The summed E-state index contributed by atoms with van der Waals surface area (Å²) in [4.78, 5) is 28.4. The molecule has 1 aromatic heterocycles. The number of thioether (sulfide) groups is 2. The maximum absolute atomic E-state index is 12.8. The van der Waals surface area contributed by atoms with Crippen LogP contribution >= 0.6 is 48.0 Å². The van der Waals surface area contributed by atoms with Crippen LogP contribution in [0.5, 0.6) is 0 Å². The van der Waals surface area contributed by atoms with Crippen LogP contribution in [0.2, 0.25) is 18.1 Å². The van der Waals surface area contributed by atoms with E-state index in [1.165, 1.54) is 35.1 Å². The molecule has 2 rings (SSSR count). The van der Waals surface area contributed by atoms with Gasteiger partial charge in [0.25, 0.3) is 0 Å². The van der Waals surface area contributed by atoms with E-state index in [9.17, 15) is 9.59 Å². The van der Waals surface area contributed by atoms with Crippen LogP contribution in [-0.4, -0.2) is 68.6 Å². The van der Waals surface area contributed by atoms with Crippen molar-refractivity contribution in [3.05, 3.63) is 27.3 Å². The fourth-order valence-electron chi connectivity index (χ4n) is 2.84. The third-order valence-corrected chi connectivity index (χ3v) is 12.4. The highest BCUT2D eigenvalue weighted by atomic mass is 32.2. The van der Waals surface area contributed by atoms with Crippen LogP contribution in [0.15, 0.2) is 15.9 Å². The summed E-state index contributed by atoms with van der Waals surface area (Å²) < 4.78 is 27.4. The van der Waals surface area contributed by atoms with Crippen LogP contribution in [0.3, 0.4) is 0 Å². The molecule has 186 valence electrons. The second kappa shape index (κ2) is 11.3. The highest BCUT2D eigenvalue weighted by molar-refractivity contribution is 8.22. The Labute approximate surface area is 214 Å². The van der Waals surface area contributed by atoms with Gasteiger partial charge < -0.3 is 18.6 Å². The number of thiocarbonyl (C=S) groups is 2. The number of hydrogen-bond acceptors (Lipinski definition) is 11. The topological polar surface area (TPSA) is 93.8 Å². The normalized spacial score (nSPS) is 23.4. The average Bonchev–Trinajstić information content (AvgIpc) is 3.06. The Morgan fingerprint density at radius 2 is 1.70 bits per heavy atom. The molecule has 0 N–H and O–H groups in total. The molecule has 2 heterocycles. The van der Waals surface area contributed by atoms with Crippen molar-refractivity contribution in [1.29, 1.82) is 0 Å². The van der Waals surface area contributed by atoms with Crippen molar-refractivity contribution in [3.8, 4) is 0 Å². The first-order valence-electron chi connectivity index (χ1n) is 10.2. The van der Waals surface area contributed by atoms with Crippen molar-refractivity contribution in [2.45, 2.75) is 63.4 Å². The van der Waals surface area contributed by atoms with E-state index in [2.05, 4.69) is 38.8 Å². The SMILES string of the molecule is CSC(=S)O[C@@H]1[C@H](OC(=S)SC)[C@@H](CO[Si](C)(C)C(C)(C)C)O[C@H]1n1cnc(=O)n(C)c1=O. The van der Waals surface area contributed by atoms with Gasteiger partial charge in [-0.1, -0.05) is 44.3 Å². The summed E-state index contributed by atoms with van der Waals surface area (Å²) >= 11 is 13.1. The second-order valence-electron chi connectivity index (χ2n) is 8.99. The lowest BCUT2D eigenvalue weighted by Crippen LogP contribution is -2.46. The summed E-state index contributed by atoms with van der Waals surface area (Å²) in [6.07, 6.45) is 1.66. The maximum Gasteiger partial charge on any atom is 0.352 e. The van der Waals surface area contributed by atoms with Gasteiger partial charge >= 0.3 is 11.4 Å². The fourth-order valence-corrected chi connectivity index (χ4v) is 4.49. The lowest BCUT2D eigenvalue weighted by molar-refractivity contribution is -0.0511.